The van der Waals surface area contributed by atoms with Crippen LogP contribution in [-0.2, 0) is 10.0 Å². The first kappa shape index (κ1) is 13.1. The largest absolute Gasteiger partial charge is 0.242 e. The van der Waals surface area contributed by atoms with Crippen LogP contribution in [0.4, 0.5) is 0 Å². The molecule has 3 nitrogen and oxygen atoms in total. The maximum atomic E-state index is 12.3. The van der Waals surface area contributed by atoms with Crippen molar-refractivity contribution in [1.29, 1.82) is 0 Å². The zero-order valence-corrected chi connectivity index (χ0v) is 12.4. The lowest BCUT2D eigenvalue weighted by atomic mass is 10.2. The van der Waals surface area contributed by atoms with Crippen molar-refractivity contribution in [2.24, 2.45) is 5.92 Å². The standard InChI is InChI=1S/C12H16BrNO2S/c1-9-7-11(5-6-12(9)13)17(15,16)14(2)8-10-3-4-10/h5-7,10H,3-4,8H2,1-2H3. The molecule has 0 saturated heterocycles. The van der Waals surface area contributed by atoms with E-state index >= 15 is 0 Å². The van der Waals surface area contributed by atoms with Gasteiger partial charge in [0.15, 0.2) is 0 Å². The van der Waals surface area contributed by atoms with Gasteiger partial charge in [0.2, 0.25) is 10.0 Å². The minimum Gasteiger partial charge on any atom is -0.207 e. The van der Waals surface area contributed by atoms with Crippen LogP contribution in [-0.4, -0.2) is 26.3 Å². The van der Waals surface area contributed by atoms with Crippen LogP contribution < -0.4 is 0 Å². The van der Waals surface area contributed by atoms with Crippen LogP contribution in [0.1, 0.15) is 18.4 Å². The van der Waals surface area contributed by atoms with Crippen molar-refractivity contribution >= 4 is 26.0 Å². The molecule has 0 atom stereocenters. The van der Waals surface area contributed by atoms with Crippen LogP contribution in [0.15, 0.2) is 27.6 Å². The number of hydrogen-bond donors (Lipinski definition) is 0. The molecule has 1 aromatic rings. The third-order valence-electron chi connectivity index (χ3n) is 3.05. The van der Waals surface area contributed by atoms with Crippen molar-refractivity contribution in [3.8, 4) is 0 Å². The SMILES string of the molecule is Cc1cc(S(=O)(=O)N(C)CC2CC2)ccc1Br. The maximum Gasteiger partial charge on any atom is 0.242 e. The van der Waals surface area contributed by atoms with E-state index in [2.05, 4.69) is 15.9 Å². The summed E-state index contributed by atoms with van der Waals surface area (Å²) < 4.78 is 26.9. The first-order valence-electron chi connectivity index (χ1n) is 5.64. The number of rotatable bonds is 4. The van der Waals surface area contributed by atoms with Crippen molar-refractivity contribution in [3.63, 3.8) is 0 Å². The second-order valence-electron chi connectivity index (χ2n) is 4.64. The van der Waals surface area contributed by atoms with E-state index < -0.39 is 10.0 Å². The minimum atomic E-state index is -3.32. The Morgan fingerprint density at radius 1 is 1.41 bits per heavy atom. The third kappa shape index (κ3) is 2.89. The number of nitrogens with zero attached hydrogens (tertiary/aromatic N) is 1. The number of benzene rings is 1. The molecule has 0 bridgehead atoms. The van der Waals surface area contributed by atoms with E-state index in [0.29, 0.717) is 17.4 Å². The average molecular weight is 318 g/mol. The molecule has 1 aromatic carbocycles. The van der Waals surface area contributed by atoms with Crippen molar-refractivity contribution in [2.75, 3.05) is 13.6 Å². The van der Waals surface area contributed by atoms with Crippen molar-refractivity contribution in [2.45, 2.75) is 24.7 Å². The first-order valence-corrected chi connectivity index (χ1v) is 7.87. The molecule has 0 unspecified atom stereocenters. The van der Waals surface area contributed by atoms with Crippen LogP contribution >= 0.6 is 15.9 Å². The summed E-state index contributed by atoms with van der Waals surface area (Å²) in [5, 5.41) is 0. The van der Waals surface area contributed by atoms with E-state index in [0.717, 1.165) is 22.9 Å². The molecular formula is C12H16BrNO2S. The zero-order valence-electron chi connectivity index (χ0n) is 9.98. The van der Waals surface area contributed by atoms with E-state index in [4.69, 9.17) is 0 Å². The fraction of sp³-hybridized carbons (Fsp3) is 0.500. The fourth-order valence-electron chi connectivity index (χ4n) is 1.72. The van der Waals surface area contributed by atoms with Crippen molar-refractivity contribution in [3.05, 3.63) is 28.2 Å². The van der Waals surface area contributed by atoms with Gasteiger partial charge in [-0.05, 0) is 49.4 Å². The van der Waals surface area contributed by atoms with Gasteiger partial charge < -0.3 is 0 Å². The summed E-state index contributed by atoms with van der Waals surface area (Å²) >= 11 is 3.37. The highest BCUT2D eigenvalue weighted by Gasteiger charge is 2.29. The molecule has 0 radical (unpaired) electrons. The summed E-state index contributed by atoms with van der Waals surface area (Å²) in [5.74, 6) is 0.561. The Labute approximate surface area is 111 Å². The Kier molecular flexibility index (Phi) is 3.61. The van der Waals surface area contributed by atoms with Gasteiger partial charge in [-0.15, -0.1) is 0 Å². The highest BCUT2D eigenvalue weighted by Crippen LogP contribution is 2.31. The summed E-state index contributed by atoms with van der Waals surface area (Å²) in [6.07, 6.45) is 2.30. The maximum absolute atomic E-state index is 12.3. The first-order chi connectivity index (χ1) is 7.91. The highest BCUT2D eigenvalue weighted by atomic mass is 79.9. The lowest BCUT2D eigenvalue weighted by Crippen LogP contribution is -2.29. The van der Waals surface area contributed by atoms with Gasteiger partial charge in [0.05, 0.1) is 4.90 Å². The molecule has 5 heteroatoms. The van der Waals surface area contributed by atoms with Gasteiger partial charge in [0, 0.05) is 18.1 Å². The second kappa shape index (κ2) is 4.71. The molecule has 1 aliphatic carbocycles. The Morgan fingerprint density at radius 2 is 2.06 bits per heavy atom. The molecule has 1 saturated carbocycles. The lowest BCUT2D eigenvalue weighted by molar-refractivity contribution is 0.453. The van der Waals surface area contributed by atoms with Gasteiger partial charge in [0.1, 0.15) is 0 Å². The third-order valence-corrected chi connectivity index (χ3v) is 5.76. The molecule has 0 heterocycles. The molecule has 17 heavy (non-hydrogen) atoms. The number of sulfonamides is 1. The number of halogens is 1. The molecule has 94 valence electrons. The summed E-state index contributed by atoms with van der Waals surface area (Å²) in [7, 11) is -1.66. The van der Waals surface area contributed by atoms with E-state index in [1.165, 1.54) is 4.31 Å². The highest BCUT2D eigenvalue weighted by molar-refractivity contribution is 9.10. The van der Waals surface area contributed by atoms with Gasteiger partial charge in [-0.1, -0.05) is 15.9 Å². The molecular weight excluding hydrogens is 302 g/mol. The normalized spacial score (nSPS) is 16.5. The van der Waals surface area contributed by atoms with Crippen molar-refractivity contribution < 1.29 is 8.42 Å². The smallest absolute Gasteiger partial charge is 0.207 e. The van der Waals surface area contributed by atoms with E-state index in [1.54, 1.807) is 25.2 Å². The molecule has 0 spiro atoms. The lowest BCUT2D eigenvalue weighted by Gasteiger charge is -2.17. The molecule has 1 fully saturated rings. The monoisotopic (exact) mass is 317 g/mol. The molecule has 2 rings (SSSR count). The van der Waals surface area contributed by atoms with Gasteiger partial charge in [-0.3, -0.25) is 0 Å². The van der Waals surface area contributed by atoms with E-state index in [9.17, 15) is 8.42 Å². The average Bonchev–Trinajstić information content (AvgIpc) is 3.05. The predicted molar refractivity (Wildman–Crippen MR) is 71.4 cm³/mol. The van der Waals surface area contributed by atoms with Crippen LogP contribution in [0, 0.1) is 12.8 Å². The molecule has 0 aromatic heterocycles. The van der Waals surface area contributed by atoms with E-state index in [-0.39, 0.29) is 0 Å². The summed E-state index contributed by atoms with van der Waals surface area (Å²) in [4.78, 5) is 0.376. The van der Waals surface area contributed by atoms with Gasteiger partial charge in [-0.25, -0.2) is 12.7 Å². The zero-order chi connectivity index (χ0) is 12.6. The number of hydrogen-bond acceptors (Lipinski definition) is 2. The van der Waals surface area contributed by atoms with Crippen LogP contribution in [0.25, 0.3) is 0 Å². The fourth-order valence-corrected chi connectivity index (χ4v) is 3.30. The molecule has 0 amide bonds. The molecule has 0 N–H and O–H groups in total. The Balaban J connectivity index is 2.26. The minimum absolute atomic E-state index is 0.376. The van der Waals surface area contributed by atoms with Crippen molar-refractivity contribution in [1.82, 2.24) is 4.31 Å². The van der Waals surface area contributed by atoms with Crippen LogP contribution in [0.5, 0.6) is 0 Å². The quantitative estimate of drug-likeness (QED) is 0.856. The molecule has 0 aliphatic heterocycles. The van der Waals surface area contributed by atoms with Gasteiger partial charge in [-0.2, -0.15) is 0 Å². The van der Waals surface area contributed by atoms with Gasteiger partial charge >= 0.3 is 0 Å². The molecule has 1 aliphatic rings. The predicted octanol–water partition coefficient (Wildman–Crippen LogP) is 2.79. The Bertz CT molecular complexity index is 523. The number of aryl methyl sites for hydroxylation is 1. The summed E-state index contributed by atoms with van der Waals surface area (Å²) in [5.41, 5.74) is 0.936. The van der Waals surface area contributed by atoms with Gasteiger partial charge in [0.25, 0.3) is 0 Å². The Morgan fingerprint density at radius 3 is 2.59 bits per heavy atom. The summed E-state index contributed by atoms with van der Waals surface area (Å²) in [6, 6.07) is 5.14. The van der Waals surface area contributed by atoms with E-state index in [1.807, 2.05) is 6.92 Å². The van der Waals surface area contributed by atoms with Crippen LogP contribution in [0.2, 0.25) is 0 Å². The van der Waals surface area contributed by atoms with Crippen LogP contribution in [0.3, 0.4) is 0 Å². The Hall–Kier alpha value is -0.390. The second-order valence-corrected chi connectivity index (χ2v) is 7.54. The topological polar surface area (TPSA) is 37.4 Å². The summed E-state index contributed by atoms with van der Waals surface area (Å²) in [6.45, 7) is 2.53.